The van der Waals surface area contributed by atoms with Gasteiger partial charge in [0.2, 0.25) is 6.33 Å². The summed E-state index contributed by atoms with van der Waals surface area (Å²) in [4.78, 5) is 12.7. The van der Waals surface area contributed by atoms with Gasteiger partial charge in [0.05, 0.1) is 7.05 Å². The van der Waals surface area contributed by atoms with Gasteiger partial charge in [0.1, 0.15) is 31.6 Å². The number of aromatic nitrogens is 2. The van der Waals surface area contributed by atoms with Crippen LogP contribution in [-0.2, 0) is 29.5 Å². The molecule has 0 amide bonds. The van der Waals surface area contributed by atoms with Crippen LogP contribution in [0.5, 0.6) is 0 Å². The van der Waals surface area contributed by atoms with Gasteiger partial charge in [0, 0.05) is 12.1 Å². The van der Waals surface area contributed by atoms with Gasteiger partial charge in [-0.05, 0) is 29.9 Å². The van der Waals surface area contributed by atoms with Crippen molar-refractivity contribution >= 4 is 29.0 Å². The minimum Gasteiger partial charge on any atom is -0.460 e. The fourth-order valence-electron chi connectivity index (χ4n) is 2.88. The van der Waals surface area contributed by atoms with Crippen molar-refractivity contribution in [2.24, 2.45) is 7.05 Å². The van der Waals surface area contributed by atoms with Gasteiger partial charge in [-0.25, -0.2) is 13.9 Å². The summed E-state index contributed by atoms with van der Waals surface area (Å²) in [7, 11) is 1.95. The number of carbonyl (C=O) groups is 1. The number of esters is 1. The molecule has 1 atom stereocenters. The number of thiocarbonyl (C=S) groups is 1. The number of rotatable bonds is 8. The highest BCUT2D eigenvalue weighted by molar-refractivity contribution is 7.80. The Hall–Kier alpha value is -3.19. The van der Waals surface area contributed by atoms with E-state index in [1.807, 2.05) is 95.6 Å². The van der Waals surface area contributed by atoms with Crippen LogP contribution in [0.1, 0.15) is 5.56 Å². The van der Waals surface area contributed by atoms with Crippen LogP contribution in [-0.4, -0.2) is 28.3 Å². The van der Waals surface area contributed by atoms with E-state index in [0.717, 1.165) is 11.3 Å². The molecule has 2 N–H and O–H groups in total. The molecule has 150 valence electrons. The number of para-hydroxylation sites is 1. The zero-order valence-corrected chi connectivity index (χ0v) is 17.1. The van der Waals surface area contributed by atoms with Crippen LogP contribution in [0, 0.1) is 0 Å². The van der Waals surface area contributed by atoms with Crippen LogP contribution in [0.3, 0.4) is 0 Å². The second-order valence-electron chi connectivity index (χ2n) is 6.69. The highest BCUT2D eigenvalue weighted by atomic mass is 32.1. The fourth-order valence-corrected chi connectivity index (χ4v) is 3.14. The maximum atomic E-state index is 12.7. The number of imidazole rings is 1. The lowest BCUT2D eigenvalue weighted by Gasteiger charge is -2.20. The van der Waals surface area contributed by atoms with Gasteiger partial charge < -0.3 is 15.4 Å². The van der Waals surface area contributed by atoms with E-state index in [0.29, 0.717) is 24.7 Å². The predicted octanol–water partition coefficient (Wildman–Crippen LogP) is 2.45. The summed E-state index contributed by atoms with van der Waals surface area (Å²) in [5.74, 6) is -0.331. The Morgan fingerprint density at radius 2 is 1.83 bits per heavy atom. The van der Waals surface area contributed by atoms with Crippen molar-refractivity contribution < 1.29 is 14.1 Å². The molecule has 0 saturated heterocycles. The Morgan fingerprint density at radius 3 is 2.48 bits per heavy atom. The summed E-state index contributed by atoms with van der Waals surface area (Å²) in [6, 6.07) is 18.8. The molecule has 6 nitrogen and oxygen atoms in total. The smallest absolute Gasteiger partial charge is 0.329 e. The molecule has 3 aromatic rings. The van der Waals surface area contributed by atoms with Crippen LogP contribution in [0.2, 0.25) is 0 Å². The summed E-state index contributed by atoms with van der Waals surface area (Å²) in [6.07, 6.45) is 6.29. The molecule has 0 aliphatic rings. The molecule has 1 heterocycles. The van der Waals surface area contributed by atoms with Gasteiger partial charge in [0.25, 0.3) is 0 Å². The molecule has 2 aromatic carbocycles. The van der Waals surface area contributed by atoms with Crippen molar-refractivity contribution in [2.45, 2.75) is 19.0 Å². The van der Waals surface area contributed by atoms with E-state index in [4.69, 9.17) is 17.0 Å². The van der Waals surface area contributed by atoms with Crippen molar-refractivity contribution in [1.82, 2.24) is 9.88 Å². The summed E-state index contributed by atoms with van der Waals surface area (Å²) in [5.41, 5.74) is 1.89. The molecular formula is C22H25N4O2S+. The largest absolute Gasteiger partial charge is 0.460 e. The summed E-state index contributed by atoms with van der Waals surface area (Å²) in [6.45, 7) is 0.886. The minimum atomic E-state index is -0.582. The zero-order valence-electron chi connectivity index (χ0n) is 16.3. The van der Waals surface area contributed by atoms with E-state index >= 15 is 0 Å². The quantitative estimate of drug-likeness (QED) is 0.340. The van der Waals surface area contributed by atoms with Crippen LogP contribution in [0.4, 0.5) is 5.69 Å². The van der Waals surface area contributed by atoms with Gasteiger partial charge in [-0.3, -0.25) is 0 Å². The number of hydrogen-bond donors (Lipinski definition) is 2. The summed E-state index contributed by atoms with van der Waals surface area (Å²) >= 11 is 5.40. The third kappa shape index (κ3) is 6.73. The topological polar surface area (TPSA) is 59.2 Å². The molecule has 0 bridgehead atoms. The van der Waals surface area contributed by atoms with E-state index in [1.165, 1.54) is 0 Å². The van der Waals surface area contributed by atoms with E-state index in [9.17, 15) is 4.79 Å². The second-order valence-corrected chi connectivity index (χ2v) is 7.10. The zero-order chi connectivity index (χ0) is 20.5. The van der Waals surface area contributed by atoms with Gasteiger partial charge >= 0.3 is 5.97 Å². The lowest BCUT2D eigenvalue weighted by Crippen LogP contribution is -2.45. The maximum absolute atomic E-state index is 12.7. The first-order valence-corrected chi connectivity index (χ1v) is 9.85. The first kappa shape index (κ1) is 20.5. The fraction of sp³-hybridized carbons (Fsp3) is 0.227. The standard InChI is InChI=1S/C22H24N4O2S/c1-25-12-13-26(17-25)14-15-28-21(27)20(16-18-8-4-2-5-9-18)24-22(29)23-19-10-6-3-7-11-19/h2-13,17,20H,14-16H2,1H3,(H-,23,24,29)/p+1. The molecule has 0 radical (unpaired) electrons. The molecule has 7 heteroatoms. The molecule has 0 aliphatic heterocycles. The Bertz CT molecular complexity index is 928. The SMILES string of the molecule is C[n+]1ccn(CCOC(=O)C(Cc2ccccc2)NC(=S)Nc2ccccc2)c1. The second kappa shape index (κ2) is 10.4. The minimum absolute atomic E-state index is 0.291. The van der Waals surface area contributed by atoms with Crippen molar-refractivity contribution in [2.75, 3.05) is 11.9 Å². The first-order chi connectivity index (χ1) is 14.1. The average molecular weight is 410 g/mol. The molecule has 1 unspecified atom stereocenters. The van der Waals surface area contributed by atoms with Crippen LogP contribution in [0.25, 0.3) is 0 Å². The highest BCUT2D eigenvalue weighted by Crippen LogP contribution is 2.08. The molecule has 29 heavy (non-hydrogen) atoms. The van der Waals surface area contributed by atoms with E-state index in [2.05, 4.69) is 10.6 Å². The first-order valence-electron chi connectivity index (χ1n) is 9.44. The lowest BCUT2D eigenvalue weighted by atomic mass is 10.1. The molecule has 1 aromatic heterocycles. The van der Waals surface area contributed by atoms with Gasteiger partial charge in [0.15, 0.2) is 5.11 Å². The van der Waals surface area contributed by atoms with Crippen LogP contribution >= 0.6 is 12.2 Å². The van der Waals surface area contributed by atoms with E-state index < -0.39 is 6.04 Å². The van der Waals surface area contributed by atoms with Crippen molar-refractivity contribution in [3.05, 3.63) is 84.9 Å². The number of benzene rings is 2. The molecule has 0 spiro atoms. The van der Waals surface area contributed by atoms with Crippen molar-refractivity contribution in [1.29, 1.82) is 0 Å². The molecular weight excluding hydrogens is 384 g/mol. The third-order valence-corrected chi connectivity index (χ3v) is 4.54. The molecule has 0 saturated carbocycles. The highest BCUT2D eigenvalue weighted by Gasteiger charge is 2.22. The summed E-state index contributed by atoms with van der Waals surface area (Å²) in [5, 5.41) is 6.59. The van der Waals surface area contributed by atoms with Gasteiger partial charge in [-0.1, -0.05) is 48.5 Å². The molecule has 3 rings (SSSR count). The number of nitrogens with one attached hydrogen (secondary N) is 2. The van der Waals surface area contributed by atoms with Crippen LogP contribution in [0.15, 0.2) is 79.4 Å². The predicted molar refractivity (Wildman–Crippen MR) is 116 cm³/mol. The lowest BCUT2D eigenvalue weighted by molar-refractivity contribution is -0.671. The van der Waals surface area contributed by atoms with Crippen molar-refractivity contribution in [3.63, 3.8) is 0 Å². The maximum Gasteiger partial charge on any atom is 0.329 e. The number of anilines is 1. The summed E-state index contributed by atoms with van der Waals surface area (Å²) < 4.78 is 9.43. The van der Waals surface area contributed by atoms with Gasteiger partial charge in [-0.2, -0.15) is 0 Å². The van der Waals surface area contributed by atoms with E-state index in [1.54, 1.807) is 0 Å². The Balaban J connectivity index is 1.60. The van der Waals surface area contributed by atoms with Gasteiger partial charge in [-0.15, -0.1) is 0 Å². The van der Waals surface area contributed by atoms with E-state index in [-0.39, 0.29) is 5.97 Å². The van der Waals surface area contributed by atoms with Crippen LogP contribution < -0.4 is 15.2 Å². The third-order valence-electron chi connectivity index (χ3n) is 4.32. The number of nitrogens with zero attached hydrogens (tertiary/aromatic N) is 2. The number of hydrogen-bond acceptors (Lipinski definition) is 3. The Labute approximate surface area is 176 Å². The monoisotopic (exact) mass is 409 g/mol. The molecule has 0 aliphatic carbocycles. The average Bonchev–Trinajstić information content (AvgIpc) is 3.14. The van der Waals surface area contributed by atoms with Crippen molar-refractivity contribution in [3.8, 4) is 0 Å². The number of carbonyl (C=O) groups excluding carboxylic acids is 1. The Kier molecular flexibility index (Phi) is 7.35. The normalized spacial score (nSPS) is 11.5. The number of ether oxygens (including phenoxy) is 1. The Morgan fingerprint density at radius 1 is 1.14 bits per heavy atom. The molecule has 0 fully saturated rings. The number of aryl methyl sites for hydroxylation is 1.